The summed E-state index contributed by atoms with van der Waals surface area (Å²) in [6.07, 6.45) is 0. The van der Waals surface area contributed by atoms with Gasteiger partial charge in [0.1, 0.15) is 26.5 Å². The van der Waals surface area contributed by atoms with Crippen molar-refractivity contribution in [3.05, 3.63) is 22.2 Å². The summed E-state index contributed by atoms with van der Waals surface area (Å²) < 4.78 is 31.7. The Morgan fingerprint density at radius 3 is 2.25 bits per heavy atom. The molecule has 0 saturated heterocycles. The van der Waals surface area contributed by atoms with Crippen molar-refractivity contribution in [1.29, 1.82) is 0 Å². The molecule has 0 aliphatic carbocycles. The molecule has 3 N–H and O–H groups in total. The SMILES string of the molecule is Nc1cc(O)c(S(=O)(=O)[O-])cc1[N+](=O)[O-].[Li+]. The number of nitrogens with zero attached hydrogens (tertiary/aromatic N) is 1. The molecule has 0 aliphatic rings. The second-order valence-electron chi connectivity index (χ2n) is 2.59. The van der Waals surface area contributed by atoms with Gasteiger partial charge in [-0.25, -0.2) is 8.42 Å². The number of aromatic hydroxyl groups is 1. The van der Waals surface area contributed by atoms with Gasteiger partial charge in [-0.1, -0.05) is 0 Å². The predicted octanol–water partition coefficient (Wildman–Crippen LogP) is -3.21. The van der Waals surface area contributed by atoms with Crippen LogP contribution in [0.1, 0.15) is 0 Å². The number of phenols is 1. The second-order valence-corrected chi connectivity index (χ2v) is 3.94. The van der Waals surface area contributed by atoms with E-state index in [2.05, 4.69) is 0 Å². The van der Waals surface area contributed by atoms with Gasteiger partial charge in [0.05, 0.1) is 4.92 Å². The quantitative estimate of drug-likeness (QED) is 0.182. The van der Waals surface area contributed by atoms with E-state index in [1.807, 2.05) is 0 Å². The second kappa shape index (κ2) is 4.71. The van der Waals surface area contributed by atoms with E-state index in [4.69, 9.17) is 10.8 Å². The number of nitrogen functional groups attached to an aromatic ring is 1. The molecule has 0 bridgehead atoms. The molecule has 8 nitrogen and oxygen atoms in total. The molecular formula is C6H5LiN2O6S. The van der Waals surface area contributed by atoms with Gasteiger partial charge >= 0.3 is 18.9 Å². The van der Waals surface area contributed by atoms with Gasteiger partial charge in [-0.3, -0.25) is 10.1 Å². The number of nitro benzene ring substituents is 1. The van der Waals surface area contributed by atoms with E-state index in [0.717, 1.165) is 0 Å². The summed E-state index contributed by atoms with van der Waals surface area (Å²) in [6.45, 7) is 0. The third-order valence-electron chi connectivity index (χ3n) is 1.57. The summed E-state index contributed by atoms with van der Waals surface area (Å²) in [7, 11) is -4.97. The number of nitro groups is 1. The fourth-order valence-electron chi connectivity index (χ4n) is 0.932. The summed E-state index contributed by atoms with van der Waals surface area (Å²) >= 11 is 0. The average Bonchev–Trinajstić information content (AvgIpc) is 2.00. The van der Waals surface area contributed by atoms with Gasteiger partial charge in [0, 0.05) is 12.1 Å². The first-order valence-electron chi connectivity index (χ1n) is 3.46. The molecule has 0 fully saturated rings. The topological polar surface area (TPSA) is 147 Å². The van der Waals surface area contributed by atoms with Gasteiger partial charge in [0.2, 0.25) is 0 Å². The van der Waals surface area contributed by atoms with Crippen LogP contribution in [-0.4, -0.2) is 23.0 Å². The molecule has 1 aromatic rings. The number of nitrogens with two attached hydrogens (primary N) is 1. The molecule has 16 heavy (non-hydrogen) atoms. The molecule has 0 amide bonds. The smallest absolute Gasteiger partial charge is 0.744 e. The van der Waals surface area contributed by atoms with Gasteiger partial charge in [-0.2, -0.15) is 0 Å². The van der Waals surface area contributed by atoms with Crippen LogP contribution >= 0.6 is 0 Å². The maximum Gasteiger partial charge on any atom is 1.00 e. The van der Waals surface area contributed by atoms with E-state index in [9.17, 15) is 23.1 Å². The van der Waals surface area contributed by atoms with Crippen LogP contribution in [0.3, 0.4) is 0 Å². The molecule has 0 spiro atoms. The molecule has 0 radical (unpaired) electrons. The third kappa shape index (κ3) is 2.86. The van der Waals surface area contributed by atoms with Crippen LogP contribution in [0.25, 0.3) is 0 Å². The van der Waals surface area contributed by atoms with Crippen LogP contribution in [-0.2, 0) is 10.1 Å². The minimum Gasteiger partial charge on any atom is -0.744 e. The third-order valence-corrected chi connectivity index (χ3v) is 2.44. The molecule has 1 aromatic carbocycles. The Bertz CT molecular complexity index is 528. The standard InChI is InChI=1S/C6H6N2O6S.Li/c7-3-1-5(9)6(15(12,13)14)2-4(3)8(10)11;/h1-2,9H,7H2,(H,12,13,14);/q;+1/p-1. The molecular weight excluding hydrogens is 235 g/mol. The molecule has 0 atom stereocenters. The van der Waals surface area contributed by atoms with E-state index >= 15 is 0 Å². The molecule has 0 aliphatic heterocycles. The Labute approximate surface area is 102 Å². The summed E-state index contributed by atoms with van der Waals surface area (Å²) in [5.74, 6) is -0.909. The zero-order valence-electron chi connectivity index (χ0n) is 8.08. The van der Waals surface area contributed by atoms with Gasteiger partial charge in [-0.05, 0) is 0 Å². The van der Waals surface area contributed by atoms with E-state index in [1.165, 1.54) is 0 Å². The maximum atomic E-state index is 10.6. The van der Waals surface area contributed by atoms with E-state index < -0.39 is 37.1 Å². The Balaban J connectivity index is 0.00000225. The van der Waals surface area contributed by atoms with Crippen LogP contribution in [0.2, 0.25) is 0 Å². The van der Waals surface area contributed by atoms with Crippen molar-refractivity contribution >= 4 is 21.5 Å². The average molecular weight is 240 g/mol. The first kappa shape index (κ1) is 14.7. The van der Waals surface area contributed by atoms with Crippen LogP contribution in [0, 0.1) is 10.1 Å². The normalized spacial score (nSPS) is 10.6. The van der Waals surface area contributed by atoms with Crippen molar-refractivity contribution in [2.75, 3.05) is 5.73 Å². The molecule has 82 valence electrons. The zero-order valence-corrected chi connectivity index (χ0v) is 8.89. The zero-order chi connectivity index (χ0) is 11.8. The Hall–Kier alpha value is -1.27. The molecule has 1 rings (SSSR count). The molecule has 10 heteroatoms. The summed E-state index contributed by atoms with van der Waals surface area (Å²) in [4.78, 5) is 8.34. The number of hydrogen-bond donors (Lipinski definition) is 2. The van der Waals surface area contributed by atoms with Crippen molar-refractivity contribution in [3.8, 4) is 5.75 Å². The number of rotatable bonds is 2. The monoisotopic (exact) mass is 240 g/mol. The number of phenolic OH excluding ortho intramolecular Hbond substituents is 1. The summed E-state index contributed by atoms with van der Waals surface area (Å²) in [5, 5.41) is 19.4. The van der Waals surface area contributed by atoms with E-state index in [0.29, 0.717) is 12.1 Å². The predicted molar refractivity (Wildman–Crippen MR) is 47.1 cm³/mol. The molecule has 0 unspecified atom stereocenters. The minimum atomic E-state index is -4.97. The van der Waals surface area contributed by atoms with Crippen molar-refractivity contribution in [3.63, 3.8) is 0 Å². The fourth-order valence-corrected chi connectivity index (χ4v) is 1.50. The van der Waals surface area contributed by atoms with Crippen LogP contribution < -0.4 is 24.6 Å². The van der Waals surface area contributed by atoms with Crippen molar-refractivity contribution < 1.29 is 41.9 Å². The Morgan fingerprint density at radius 1 is 1.38 bits per heavy atom. The number of hydrogen-bond acceptors (Lipinski definition) is 7. The first-order chi connectivity index (χ1) is 6.73. The summed E-state index contributed by atoms with van der Waals surface area (Å²) in [5.41, 5.74) is 3.96. The van der Waals surface area contributed by atoms with Crippen molar-refractivity contribution in [2.24, 2.45) is 0 Å². The van der Waals surface area contributed by atoms with Gasteiger partial charge in [0.25, 0.3) is 5.69 Å². The minimum absolute atomic E-state index is 0. The maximum absolute atomic E-state index is 10.6. The van der Waals surface area contributed by atoms with Crippen molar-refractivity contribution in [2.45, 2.75) is 4.90 Å². The first-order valence-corrected chi connectivity index (χ1v) is 4.87. The Kier molecular flexibility index (Phi) is 4.34. The van der Waals surface area contributed by atoms with Crippen LogP contribution in [0.4, 0.5) is 11.4 Å². The number of anilines is 1. The van der Waals surface area contributed by atoms with Gasteiger partial charge < -0.3 is 15.4 Å². The van der Waals surface area contributed by atoms with Crippen LogP contribution in [0.15, 0.2) is 17.0 Å². The van der Waals surface area contributed by atoms with E-state index in [-0.39, 0.29) is 18.9 Å². The van der Waals surface area contributed by atoms with E-state index in [1.54, 1.807) is 0 Å². The molecule has 0 heterocycles. The largest absolute Gasteiger partial charge is 1.00 e. The molecule has 0 aromatic heterocycles. The number of benzene rings is 1. The molecule has 0 saturated carbocycles. The van der Waals surface area contributed by atoms with Gasteiger partial charge in [0.15, 0.2) is 0 Å². The van der Waals surface area contributed by atoms with Crippen LogP contribution in [0.5, 0.6) is 5.75 Å². The fraction of sp³-hybridized carbons (Fsp3) is 0. The van der Waals surface area contributed by atoms with Gasteiger partial charge in [-0.15, -0.1) is 0 Å². The Morgan fingerprint density at radius 2 is 1.88 bits per heavy atom. The summed E-state index contributed by atoms with van der Waals surface area (Å²) in [6, 6.07) is 1.07. The van der Waals surface area contributed by atoms with Crippen molar-refractivity contribution in [1.82, 2.24) is 0 Å².